The van der Waals surface area contributed by atoms with Crippen molar-refractivity contribution in [2.24, 2.45) is 0 Å². The molecule has 0 bridgehead atoms. The number of carbonyl (C=O) groups is 3. The maximum Gasteiger partial charge on any atom is 0.305 e. The molecular formula is C26H45NO8. The molecule has 0 unspecified atom stereocenters. The molecular weight excluding hydrogens is 454 g/mol. The number of esters is 1. The van der Waals surface area contributed by atoms with E-state index in [-0.39, 0.29) is 37.5 Å². The number of nitrogens with zero attached hydrogens (tertiary/aromatic N) is 1. The number of carbonyl (C=O) groups excluding carboxylic acids is 3. The van der Waals surface area contributed by atoms with Crippen LogP contribution in [0.15, 0.2) is 12.2 Å². The Kier molecular flexibility index (Phi) is 20.2. The fourth-order valence-electron chi connectivity index (χ4n) is 3.44. The Bertz CT molecular complexity index is 578. The average Bonchev–Trinajstić information content (AvgIpc) is 3.17. The number of hydrogen-bond donors (Lipinski definition) is 0. The number of amides is 2. The van der Waals surface area contributed by atoms with Crippen LogP contribution in [0.5, 0.6) is 0 Å². The van der Waals surface area contributed by atoms with Gasteiger partial charge in [0.1, 0.15) is 6.61 Å². The van der Waals surface area contributed by atoms with E-state index in [9.17, 15) is 14.4 Å². The van der Waals surface area contributed by atoms with E-state index in [1.54, 1.807) is 0 Å². The van der Waals surface area contributed by atoms with Crippen molar-refractivity contribution in [3.05, 3.63) is 12.2 Å². The maximum absolute atomic E-state index is 11.7. The van der Waals surface area contributed by atoms with Crippen molar-refractivity contribution in [2.75, 3.05) is 66.0 Å². The highest BCUT2D eigenvalue weighted by atomic mass is 16.6. The lowest BCUT2D eigenvalue weighted by Crippen LogP contribution is -2.33. The Morgan fingerprint density at radius 2 is 1.06 bits per heavy atom. The SMILES string of the molecule is CCCCCCCCCCCC(=O)OCCOCCOCCOCCOCCN1C(=O)C=CC1=O. The van der Waals surface area contributed by atoms with E-state index in [0.29, 0.717) is 52.7 Å². The van der Waals surface area contributed by atoms with Crippen LogP contribution >= 0.6 is 0 Å². The van der Waals surface area contributed by atoms with Gasteiger partial charge in [-0.3, -0.25) is 19.3 Å². The third-order valence-electron chi connectivity index (χ3n) is 5.45. The first-order valence-corrected chi connectivity index (χ1v) is 13.1. The molecule has 1 rings (SSSR count). The minimum atomic E-state index is -0.304. The highest BCUT2D eigenvalue weighted by molar-refractivity contribution is 6.12. The van der Waals surface area contributed by atoms with Gasteiger partial charge < -0.3 is 23.7 Å². The molecule has 9 heteroatoms. The summed E-state index contributed by atoms with van der Waals surface area (Å²) in [6, 6.07) is 0. The molecule has 0 spiro atoms. The van der Waals surface area contributed by atoms with Gasteiger partial charge in [0.15, 0.2) is 0 Å². The molecule has 202 valence electrons. The minimum absolute atomic E-state index is 0.149. The van der Waals surface area contributed by atoms with Crippen molar-refractivity contribution in [3.63, 3.8) is 0 Å². The van der Waals surface area contributed by atoms with Gasteiger partial charge in [0, 0.05) is 18.6 Å². The lowest BCUT2D eigenvalue weighted by atomic mass is 10.1. The number of imide groups is 1. The number of rotatable bonds is 25. The average molecular weight is 500 g/mol. The minimum Gasteiger partial charge on any atom is -0.463 e. The normalized spacial score (nSPS) is 13.2. The van der Waals surface area contributed by atoms with Crippen LogP contribution in [0.1, 0.15) is 71.1 Å². The second-order valence-corrected chi connectivity index (χ2v) is 8.41. The van der Waals surface area contributed by atoms with Crippen LogP contribution in [0.2, 0.25) is 0 Å². The van der Waals surface area contributed by atoms with Gasteiger partial charge in [0.25, 0.3) is 11.8 Å². The third-order valence-corrected chi connectivity index (χ3v) is 5.45. The van der Waals surface area contributed by atoms with Gasteiger partial charge in [-0.15, -0.1) is 0 Å². The zero-order valence-electron chi connectivity index (χ0n) is 21.5. The molecule has 0 aromatic heterocycles. The van der Waals surface area contributed by atoms with Gasteiger partial charge >= 0.3 is 5.97 Å². The van der Waals surface area contributed by atoms with Crippen LogP contribution in [0, 0.1) is 0 Å². The molecule has 0 N–H and O–H groups in total. The predicted octanol–water partition coefficient (Wildman–Crippen LogP) is 3.44. The molecule has 0 fully saturated rings. The first kappa shape index (κ1) is 31.2. The summed E-state index contributed by atoms with van der Waals surface area (Å²) in [5, 5.41) is 0. The summed E-state index contributed by atoms with van der Waals surface area (Å²) in [6.45, 7) is 5.94. The summed E-state index contributed by atoms with van der Waals surface area (Å²) in [4.78, 5) is 35.6. The quantitative estimate of drug-likeness (QED) is 0.107. The molecule has 1 aliphatic rings. The lowest BCUT2D eigenvalue weighted by Gasteiger charge is -2.13. The van der Waals surface area contributed by atoms with Gasteiger partial charge in [-0.1, -0.05) is 58.3 Å². The zero-order valence-corrected chi connectivity index (χ0v) is 21.5. The molecule has 2 amide bonds. The molecule has 1 heterocycles. The van der Waals surface area contributed by atoms with Crippen LogP contribution in [-0.4, -0.2) is 88.7 Å². The molecule has 35 heavy (non-hydrogen) atoms. The van der Waals surface area contributed by atoms with Crippen molar-refractivity contribution in [1.29, 1.82) is 0 Å². The van der Waals surface area contributed by atoms with Gasteiger partial charge in [-0.25, -0.2) is 0 Å². The predicted molar refractivity (Wildman–Crippen MR) is 132 cm³/mol. The Balaban J connectivity index is 1.72. The number of unbranched alkanes of at least 4 members (excludes halogenated alkanes) is 8. The van der Waals surface area contributed by atoms with E-state index in [1.807, 2.05) is 0 Å². The second-order valence-electron chi connectivity index (χ2n) is 8.41. The second kappa shape index (κ2) is 22.6. The summed E-state index contributed by atoms with van der Waals surface area (Å²) < 4.78 is 26.7. The largest absolute Gasteiger partial charge is 0.463 e. The Morgan fingerprint density at radius 3 is 1.57 bits per heavy atom. The Morgan fingerprint density at radius 1 is 0.629 bits per heavy atom. The summed E-state index contributed by atoms with van der Waals surface area (Å²) in [5.74, 6) is -0.758. The van der Waals surface area contributed by atoms with E-state index in [2.05, 4.69) is 6.92 Å². The van der Waals surface area contributed by atoms with E-state index in [1.165, 1.54) is 57.1 Å². The summed E-state index contributed by atoms with van der Waals surface area (Å²) in [7, 11) is 0. The molecule has 0 saturated heterocycles. The highest BCUT2D eigenvalue weighted by Gasteiger charge is 2.22. The lowest BCUT2D eigenvalue weighted by molar-refractivity contribution is -0.145. The van der Waals surface area contributed by atoms with Gasteiger partial charge in [0.2, 0.25) is 0 Å². The molecule has 0 aliphatic carbocycles. The van der Waals surface area contributed by atoms with E-state index < -0.39 is 0 Å². The summed E-state index contributed by atoms with van der Waals surface area (Å²) >= 11 is 0. The maximum atomic E-state index is 11.7. The fourth-order valence-corrected chi connectivity index (χ4v) is 3.44. The van der Waals surface area contributed by atoms with Crippen LogP contribution < -0.4 is 0 Å². The molecule has 0 atom stereocenters. The van der Waals surface area contributed by atoms with Gasteiger partial charge in [-0.05, 0) is 6.42 Å². The smallest absolute Gasteiger partial charge is 0.305 e. The highest BCUT2D eigenvalue weighted by Crippen LogP contribution is 2.10. The monoisotopic (exact) mass is 499 g/mol. The first-order valence-electron chi connectivity index (χ1n) is 13.1. The summed E-state index contributed by atoms with van der Waals surface area (Å²) in [6.07, 6.45) is 14.1. The fraction of sp³-hybridized carbons (Fsp3) is 0.808. The molecule has 0 aromatic rings. The van der Waals surface area contributed by atoms with Gasteiger partial charge in [0.05, 0.1) is 59.4 Å². The van der Waals surface area contributed by atoms with Crippen LogP contribution in [0.4, 0.5) is 0 Å². The first-order chi connectivity index (χ1) is 17.1. The number of hydrogen-bond acceptors (Lipinski definition) is 8. The van der Waals surface area contributed by atoms with Crippen molar-refractivity contribution < 1.29 is 38.1 Å². The Labute approximate surface area is 210 Å². The van der Waals surface area contributed by atoms with Crippen molar-refractivity contribution in [1.82, 2.24) is 4.90 Å². The third kappa shape index (κ3) is 18.2. The summed E-state index contributed by atoms with van der Waals surface area (Å²) in [5.41, 5.74) is 0. The molecule has 1 aliphatic heterocycles. The van der Waals surface area contributed by atoms with Crippen molar-refractivity contribution in [3.8, 4) is 0 Å². The molecule has 0 radical (unpaired) electrons. The molecule has 9 nitrogen and oxygen atoms in total. The standard InChI is InChI=1S/C26H45NO8/c1-2-3-4-5-6-7-8-9-10-11-26(30)35-23-22-34-21-20-33-19-18-32-17-16-31-15-14-27-24(28)12-13-25(27)29/h12-13H,2-11,14-23H2,1H3. The zero-order chi connectivity index (χ0) is 25.4. The molecule has 0 saturated carbocycles. The van der Waals surface area contributed by atoms with Crippen molar-refractivity contribution in [2.45, 2.75) is 71.1 Å². The van der Waals surface area contributed by atoms with E-state index >= 15 is 0 Å². The number of ether oxygens (including phenoxy) is 5. The van der Waals surface area contributed by atoms with E-state index in [0.717, 1.165) is 17.7 Å². The van der Waals surface area contributed by atoms with Crippen LogP contribution in [-0.2, 0) is 38.1 Å². The van der Waals surface area contributed by atoms with E-state index in [4.69, 9.17) is 23.7 Å². The van der Waals surface area contributed by atoms with Crippen molar-refractivity contribution >= 4 is 17.8 Å². The van der Waals surface area contributed by atoms with Gasteiger partial charge in [-0.2, -0.15) is 0 Å². The topological polar surface area (TPSA) is 101 Å². The Hall–Kier alpha value is -1.81. The molecule has 0 aromatic carbocycles. The van der Waals surface area contributed by atoms with Crippen LogP contribution in [0.3, 0.4) is 0 Å². The van der Waals surface area contributed by atoms with Crippen LogP contribution in [0.25, 0.3) is 0 Å².